The number of rotatable bonds is 2. The van der Waals surface area contributed by atoms with Gasteiger partial charge >= 0.3 is 0 Å². The SMILES string of the molecule is O=C(Nc1cnc(Cl)cn1)c1cc(O)ccc1O. The molecule has 0 saturated carbocycles. The van der Waals surface area contributed by atoms with Gasteiger partial charge in [-0.3, -0.25) is 4.79 Å². The molecule has 0 aliphatic heterocycles. The average molecular weight is 266 g/mol. The fourth-order valence-corrected chi connectivity index (χ4v) is 1.36. The van der Waals surface area contributed by atoms with Crippen LogP contribution in [0.25, 0.3) is 0 Å². The van der Waals surface area contributed by atoms with Gasteiger partial charge in [-0.2, -0.15) is 0 Å². The van der Waals surface area contributed by atoms with Crippen molar-refractivity contribution in [3.05, 3.63) is 41.3 Å². The Morgan fingerprint density at radius 3 is 2.67 bits per heavy atom. The van der Waals surface area contributed by atoms with Crippen LogP contribution in [-0.2, 0) is 0 Å². The number of phenolic OH excluding ortho intramolecular Hbond substituents is 2. The lowest BCUT2D eigenvalue weighted by atomic mass is 10.2. The topological polar surface area (TPSA) is 95.3 Å². The quantitative estimate of drug-likeness (QED) is 0.720. The van der Waals surface area contributed by atoms with Gasteiger partial charge in [0, 0.05) is 0 Å². The Kier molecular flexibility index (Phi) is 3.29. The van der Waals surface area contributed by atoms with Crippen molar-refractivity contribution in [3.63, 3.8) is 0 Å². The van der Waals surface area contributed by atoms with Gasteiger partial charge in [0.25, 0.3) is 5.91 Å². The Labute approximate surface area is 107 Å². The highest BCUT2D eigenvalue weighted by atomic mass is 35.5. The minimum absolute atomic E-state index is 0.0632. The molecule has 1 aromatic heterocycles. The van der Waals surface area contributed by atoms with Crippen LogP contribution in [0.3, 0.4) is 0 Å². The van der Waals surface area contributed by atoms with Gasteiger partial charge in [-0.05, 0) is 18.2 Å². The summed E-state index contributed by atoms with van der Waals surface area (Å²) < 4.78 is 0. The molecule has 0 atom stereocenters. The van der Waals surface area contributed by atoms with Crippen LogP contribution >= 0.6 is 11.6 Å². The number of benzene rings is 1. The Morgan fingerprint density at radius 2 is 2.00 bits per heavy atom. The molecule has 1 aromatic carbocycles. The van der Waals surface area contributed by atoms with Crippen molar-refractivity contribution in [1.29, 1.82) is 0 Å². The van der Waals surface area contributed by atoms with Gasteiger partial charge in [0.15, 0.2) is 5.82 Å². The van der Waals surface area contributed by atoms with Crippen LogP contribution in [0.2, 0.25) is 5.15 Å². The third kappa shape index (κ3) is 2.67. The van der Waals surface area contributed by atoms with Crippen LogP contribution in [0.4, 0.5) is 5.82 Å². The van der Waals surface area contributed by atoms with Gasteiger partial charge in [0.1, 0.15) is 16.7 Å². The summed E-state index contributed by atoms with van der Waals surface area (Å²) in [4.78, 5) is 19.4. The lowest BCUT2D eigenvalue weighted by Gasteiger charge is -2.06. The Bertz CT molecular complexity index is 587. The van der Waals surface area contributed by atoms with E-state index in [-0.39, 0.29) is 28.0 Å². The van der Waals surface area contributed by atoms with Crippen molar-refractivity contribution < 1.29 is 15.0 Å². The second-order valence-electron chi connectivity index (χ2n) is 3.38. The Hall–Kier alpha value is -2.34. The molecule has 1 heterocycles. The van der Waals surface area contributed by atoms with Crippen LogP contribution in [0.15, 0.2) is 30.6 Å². The second kappa shape index (κ2) is 4.89. The number of nitrogens with one attached hydrogen (secondary N) is 1. The molecule has 0 aliphatic carbocycles. The van der Waals surface area contributed by atoms with Crippen LogP contribution in [0.5, 0.6) is 11.5 Å². The van der Waals surface area contributed by atoms with E-state index in [9.17, 15) is 15.0 Å². The van der Waals surface area contributed by atoms with E-state index in [4.69, 9.17) is 11.6 Å². The number of carbonyl (C=O) groups is 1. The summed E-state index contributed by atoms with van der Waals surface area (Å²) in [6.45, 7) is 0. The van der Waals surface area contributed by atoms with Crippen molar-refractivity contribution in [1.82, 2.24) is 9.97 Å². The van der Waals surface area contributed by atoms with Crippen molar-refractivity contribution in [3.8, 4) is 11.5 Å². The van der Waals surface area contributed by atoms with E-state index < -0.39 is 5.91 Å². The fourth-order valence-electron chi connectivity index (χ4n) is 1.27. The number of anilines is 1. The number of nitrogens with zero attached hydrogens (tertiary/aromatic N) is 2. The van der Waals surface area contributed by atoms with E-state index >= 15 is 0 Å². The highest BCUT2D eigenvalue weighted by Crippen LogP contribution is 2.22. The molecule has 0 unspecified atom stereocenters. The van der Waals surface area contributed by atoms with Crippen LogP contribution in [-0.4, -0.2) is 26.1 Å². The number of hydrogen-bond acceptors (Lipinski definition) is 5. The van der Waals surface area contributed by atoms with E-state index in [0.29, 0.717) is 0 Å². The lowest BCUT2D eigenvalue weighted by molar-refractivity contribution is 0.102. The van der Waals surface area contributed by atoms with Crippen molar-refractivity contribution >= 4 is 23.3 Å². The third-order valence-electron chi connectivity index (χ3n) is 2.09. The summed E-state index contributed by atoms with van der Waals surface area (Å²) in [5.41, 5.74) is -0.0632. The smallest absolute Gasteiger partial charge is 0.260 e. The molecule has 0 fully saturated rings. The largest absolute Gasteiger partial charge is 0.508 e. The Balaban J connectivity index is 2.21. The van der Waals surface area contributed by atoms with Gasteiger partial charge in [-0.15, -0.1) is 0 Å². The highest BCUT2D eigenvalue weighted by molar-refractivity contribution is 6.29. The first kappa shape index (κ1) is 12.1. The van der Waals surface area contributed by atoms with E-state index in [1.165, 1.54) is 24.5 Å². The number of halogens is 1. The molecular formula is C11H8ClN3O3. The average Bonchev–Trinajstić information content (AvgIpc) is 2.35. The summed E-state index contributed by atoms with van der Waals surface area (Å²) in [5, 5.41) is 21.4. The minimum atomic E-state index is -0.611. The number of aromatic nitrogens is 2. The first-order valence-electron chi connectivity index (χ1n) is 4.87. The number of carbonyl (C=O) groups excluding carboxylic acids is 1. The molecule has 0 aliphatic rings. The van der Waals surface area contributed by atoms with E-state index in [2.05, 4.69) is 15.3 Å². The van der Waals surface area contributed by atoms with E-state index in [1.807, 2.05) is 0 Å². The first-order chi connectivity index (χ1) is 8.56. The summed E-state index contributed by atoms with van der Waals surface area (Å²) in [6, 6.07) is 3.64. The maximum absolute atomic E-state index is 11.8. The molecule has 18 heavy (non-hydrogen) atoms. The van der Waals surface area contributed by atoms with Crippen molar-refractivity contribution in [2.75, 3.05) is 5.32 Å². The van der Waals surface area contributed by atoms with Crippen LogP contribution in [0, 0.1) is 0 Å². The molecule has 7 heteroatoms. The van der Waals surface area contributed by atoms with Gasteiger partial charge in [0.2, 0.25) is 0 Å². The molecule has 1 amide bonds. The zero-order valence-corrected chi connectivity index (χ0v) is 9.72. The number of amides is 1. The second-order valence-corrected chi connectivity index (χ2v) is 3.77. The minimum Gasteiger partial charge on any atom is -0.508 e. The normalized spacial score (nSPS) is 10.1. The predicted molar refractivity (Wildman–Crippen MR) is 64.8 cm³/mol. The molecule has 0 bridgehead atoms. The van der Waals surface area contributed by atoms with Crippen molar-refractivity contribution in [2.24, 2.45) is 0 Å². The highest BCUT2D eigenvalue weighted by Gasteiger charge is 2.12. The Morgan fingerprint density at radius 1 is 1.22 bits per heavy atom. The third-order valence-corrected chi connectivity index (χ3v) is 2.28. The van der Waals surface area contributed by atoms with Crippen LogP contribution in [0.1, 0.15) is 10.4 Å². The molecular weight excluding hydrogens is 258 g/mol. The monoisotopic (exact) mass is 265 g/mol. The zero-order valence-electron chi connectivity index (χ0n) is 8.96. The van der Waals surface area contributed by atoms with Crippen molar-refractivity contribution in [2.45, 2.75) is 0 Å². The fraction of sp³-hybridized carbons (Fsp3) is 0. The molecule has 0 spiro atoms. The number of phenols is 2. The number of aromatic hydroxyl groups is 2. The molecule has 0 radical (unpaired) electrons. The summed E-state index contributed by atoms with van der Waals surface area (Å²) in [6.07, 6.45) is 2.56. The zero-order chi connectivity index (χ0) is 13.1. The molecule has 3 N–H and O–H groups in total. The standard InChI is InChI=1S/C11H8ClN3O3/c12-9-4-14-10(5-13-9)15-11(18)7-3-6(16)1-2-8(7)17/h1-5,16-17H,(H,14,15,18). The summed E-state index contributed by atoms with van der Waals surface area (Å²) >= 11 is 5.55. The summed E-state index contributed by atoms with van der Waals surface area (Å²) in [5.74, 6) is -0.792. The molecule has 0 saturated heterocycles. The number of hydrogen-bond donors (Lipinski definition) is 3. The molecule has 2 rings (SSSR count). The first-order valence-corrected chi connectivity index (χ1v) is 5.25. The van der Waals surface area contributed by atoms with E-state index in [0.717, 1.165) is 6.07 Å². The van der Waals surface area contributed by atoms with Gasteiger partial charge < -0.3 is 15.5 Å². The lowest BCUT2D eigenvalue weighted by Crippen LogP contribution is -2.13. The van der Waals surface area contributed by atoms with Crippen LogP contribution < -0.4 is 5.32 Å². The van der Waals surface area contributed by atoms with Gasteiger partial charge in [-0.1, -0.05) is 11.6 Å². The summed E-state index contributed by atoms with van der Waals surface area (Å²) in [7, 11) is 0. The molecule has 2 aromatic rings. The maximum atomic E-state index is 11.8. The maximum Gasteiger partial charge on any atom is 0.260 e. The van der Waals surface area contributed by atoms with E-state index in [1.54, 1.807) is 0 Å². The van der Waals surface area contributed by atoms with Gasteiger partial charge in [0.05, 0.1) is 18.0 Å². The predicted octanol–water partition coefficient (Wildman–Crippen LogP) is 1.79. The molecule has 6 nitrogen and oxygen atoms in total. The van der Waals surface area contributed by atoms with Gasteiger partial charge in [-0.25, -0.2) is 9.97 Å². The molecule has 92 valence electrons.